The summed E-state index contributed by atoms with van der Waals surface area (Å²) in [6.45, 7) is 0. The van der Waals surface area contributed by atoms with Gasteiger partial charge in [0, 0.05) is 16.0 Å². The fourth-order valence-corrected chi connectivity index (χ4v) is 4.11. The second-order valence-corrected chi connectivity index (χ2v) is 8.10. The van der Waals surface area contributed by atoms with Gasteiger partial charge in [0.05, 0.1) is 11.6 Å². The first kappa shape index (κ1) is 19.3. The summed E-state index contributed by atoms with van der Waals surface area (Å²) in [5, 5.41) is 12.7. The number of aliphatic hydroxyl groups excluding tert-OH is 1. The zero-order valence-electron chi connectivity index (χ0n) is 15.0. The van der Waals surface area contributed by atoms with Crippen molar-refractivity contribution >= 4 is 50.2 Å². The zero-order chi connectivity index (χ0) is 20.4. The summed E-state index contributed by atoms with van der Waals surface area (Å²) in [6, 6.07) is 15.9. The Bertz CT molecular complexity index is 1110. The molecule has 1 amide bonds. The minimum absolute atomic E-state index is 0.0414. The van der Waals surface area contributed by atoms with E-state index in [0.717, 1.165) is 10.0 Å². The van der Waals surface area contributed by atoms with Crippen LogP contribution in [-0.2, 0) is 9.59 Å². The van der Waals surface area contributed by atoms with Crippen LogP contribution in [0.3, 0.4) is 0 Å². The molecule has 5 nitrogen and oxygen atoms in total. The Morgan fingerprint density at radius 1 is 1.14 bits per heavy atom. The predicted molar refractivity (Wildman–Crippen MR) is 117 cm³/mol. The Hall–Kier alpha value is -3.03. The average molecular weight is 467 g/mol. The number of rotatable bonds is 5. The van der Waals surface area contributed by atoms with Gasteiger partial charge in [-0.2, -0.15) is 0 Å². The third-order valence-electron chi connectivity index (χ3n) is 4.51. The van der Waals surface area contributed by atoms with Crippen LogP contribution in [-0.4, -0.2) is 21.8 Å². The van der Waals surface area contributed by atoms with Crippen LogP contribution < -0.4 is 4.90 Å². The molecule has 1 unspecified atom stereocenters. The molecule has 2 aromatic carbocycles. The molecular formula is C22H15BrN2O3S. The molecule has 144 valence electrons. The number of carbonyl (C=O) groups is 2. The second kappa shape index (κ2) is 8.14. The fraction of sp³-hybridized carbons (Fsp3) is 0.0455. The molecule has 0 bridgehead atoms. The predicted octanol–water partition coefficient (Wildman–Crippen LogP) is 5.09. The summed E-state index contributed by atoms with van der Waals surface area (Å²) >= 11 is 4.67. The van der Waals surface area contributed by atoms with E-state index in [0.29, 0.717) is 10.7 Å². The summed E-state index contributed by atoms with van der Waals surface area (Å²) in [4.78, 5) is 31.5. The van der Waals surface area contributed by atoms with Gasteiger partial charge >= 0.3 is 0 Å². The summed E-state index contributed by atoms with van der Waals surface area (Å²) in [6.07, 6.45) is 4.63. The number of aliphatic hydroxyl groups is 1. The molecule has 3 aromatic rings. The average Bonchev–Trinajstić information content (AvgIpc) is 3.35. The first-order valence-corrected chi connectivity index (χ1v) is 10.4. The summed E-state index contributed by atoms with van der Waals surface area (Å²) in [5.74, 6) is -1.60. The molecule has 0 saturated heterocycles. The van der Waals surface area contributed by atoms with Gasteiger partial charge in [0.15, 0.2) is 16.7 Å². The number of anilines is 1. The number of benzene rings is 2. The Kier molecular flexibility index (Phi) is 5.42. The number of allylic oxidation sites excluding steroid dienone is 1. The quantitative estimate of drug-likeness (QED) is 0.531. The van der Waals surface area contributed by atoms with Crippen molar-refractivity contribution in [2.45, 2.75) is 6.04 Å². The Morgan fingerprint density at radius 3 is 2.52 bits per heavy atom. The molecule has 29 heavy (non-hydrogen) atoms. The van der Waals surface area contributed by atoms with Crippen LogP contribution in [0.2, 0.25) is 0 Å². The van der Waals surface area contributed by atoms with Crippen LogP contribution >= 0.6 is 27.3 Å². The fourth-order valence-electron chi connectivity index (χ4n) is 3.18. The molecule has 2 heterocycles. The number of thiazole rings is 1. The molecule has 4 rings (SSSR count). The van der Waals surface area contributed by atoms with Crippen LogP contribution in [0.4, 0.5) is 5.13 Å². The number of carbonyl (C=O) groups excluding carboxylic acids is 2. The van der Waals surface area contributed by atoms with Gasteiger partial charge in [-0.25, -0.2) is 4.98 Å². The molecule has 0 spiro atoms. The zero-order valence-corrected chi connectivity index (χ0v) is 17.4. The van der Waals surface area contributed by atoms with Crippen molar-refractivity contribution in [1.82, 2.24) is 4.98 Å². The maximum atomic E-state index is 13.0. The highest BCUT2D eigenvalue weighted by Gasteiger charge is 2.44. The van der Waals surface area contributed by atoms with Gasteiger partial charge in [-0.3, -0.25) is 14.5 Å². The SMILES string of the molecule is O=C(/C=C/c1ccccc1)C1=C(O)C(=O)N(c2nccs2)C1c1ccc(Br)cc1. The van der Waals surface area contributed by atoms with E-state index in [1.54, 1.807) is 17.7 Å². The van der Waals surface area contributed by atoms with Crippen molar-refractivity contribution in [3.05, 3.63) is 99.2 Å². The van der Waals surface area contributed by atoms with Crippen LogP contribution in [0.1, 0.15) is 17.2 Å². The van der Waals surface area contributed by atoms with Crippen LogP contribution in [0.5, 0.6) is 0 Å². The number of ketones is 1. The van der Waals surface area contributed by atoms with Crippen molar-refractivity contribution in [3.8, 4) is 0 Å². The van der Waals surface area contributed by atoms with Crippen molar-refractivity contribution in [2.75, 3.05) is 4.90 Å². The highest BCUT2D eigenvalue weighted by Crippen LogP contribution is 2.41. The van der Waals surface area contributed by atoms with Crippen molar-refractivity contribution in [3.63, 3.8) is 0 Å². The van der Waals surface area contributed by atoms with E-state index in [1.165, 1.54) is 22.3 Å². The lowest BCUT2D eigenvalue weighted by Gasteiger charge is -2.24. The van der Waals surface area contributed by atoms with E-state index in [2.05, 4.69) is 20.9 Å². The lowest BCUT2D eigenvalue weighted by molar-refractivity contribution is -0.117. The molecule has 0 aliphatic carbocycles. The number of hydrogen-bond acceptors (Lipinski definition) is 5. The molecule has 1 N–H and O–H groups in total. The van der Waals surface area contributed by atoms with E-state index in [9.17, 15) is 14.7 Å². The highest BCUT2D eigenvalue weighted by atomic mass is 79.9. The van der Waals surface area contributed by atoms with Crippen molar-refractivity contribution in [1.29, 1.82) is 0 Å². The number of halogens is 1. The maximum Gasteiger partial charge on any atom is 0.296 e. The number of amides is 1. The molecule has 7 heteroatoms. The lowest BCUT2D eigenvalue weighted by atomic mass is 9.96. The van der Waals surface area contributed by atoms with Crippen LogP contribution in [0.25, 0.3) is 6.08 Å². The topological polar surface area (TPSA) is 70.5 Å². The highest BCUT2D eigenvalue weighted by molar-refractivity contribution is 9.10. The normalized spacial score (nSPS) is 16.8. The third-order valence-corrected chi connectivity index (χ3v) is 5.81. The second-order valence-electron chi connectivity index (χ2n) is 6.31. The van der Waals surface area contributed by atoms with Crippen LogP contribution in [0, 0.1) is 0 Å². The van der Waals surface area contributed by atoms with Crippen molar-refractivity contribution in [2.24, 2.45) is 0 Å². The molecule has 1 atom stereocenters. The van der Waals surface area contributed by atoms with E-state index in [4.69, 9.17) is 0 Å². The summed E-state index contributed by atoms with van der Waals surface area (Å²) in [7, 11) is 0. The van der Waals surface area contributed by atoms with Gasteiger partial charge in [-0.05, 0) is 29.3 Å². The molecule has 0 radical (unpaired) electrons. The minimum atomic E-state index is -0.755. The van der Waals surface area contributed by atoms with Crippen molar-refractivity contribution < 1.29 is 14.7 Å². The lowest BCUT2D eigenvalue weighted by Crippen LogP contribution is -2.30. The Balaban J connectivity index is 1.77. The van der Waals surface area contributed by atoms with Gasteiger partial charge in [0.2, 0.25) is 0 Å². The minimum Gasteiger partial charge on any atom is -0.503 e. The van der Waals surface area contributed by atoms with Crippen LogP contribution in [0.15, 0.2) is 88.1 Å². The number of aromatic nitrogens is 1. The van der Waals surface area contributed by atoms with E-state index < -0.39 is 23.5 Å². The number of hydrogen-bond donors (Lipinski definition) is 1. The molecule has 1 aromatic heterocycles. The molecule has 1 aliphatic heterocycles. The Morgan fingerprint density at radius 2 is 1.86 bits per heavy atom. The van der Waals surface area contributed by atoms with Gasteiger partial charge in [0.25, 0.3) is 5.91 Å². The largest absolute Gasteiger partial charge is 0.503 e. The summed E-state index contributed by atoms with van der Waals surface area (Å²) < 4.78 is 0.872. The summed E-state index contributed by atoms with van der Waals surface area (Å²) in [5.41, 5.74) is 1.60. The van der Waals surface area contributed by atoms with Gasteiger partial charge < -0.3 is 5.11 Å². The van der Waals surface area contributed by atoms with E-state index in [1.807, 2.05) is 54.6 Å². The standard InChI is InChI=1S/C22H15BrN2O3S/c23-16-9-7-15(8-10-16)19-18(17(26)11-6-14-4-2-1-3-5-14)20(27)21(28)25(19)22-24-12-13-29-22/h1-13,19,27H/b11-6+. The molecule has 1 aliphatic rings. The molecule has 0 saturated carbocycles. The van der Waals surface area contributed by atoms with E-state index >= 15 is 0 Å². The van der Waals surface area contributed by atoms with E-state index in [-0.39, 0.29) is 5.57 Å². The van der Waals surface area contributed by atoms with Gasteiger partial charge in [-0.1, -0.05) is 64.5 Å². The smallest absolute Gasteiger partial charge is 0.296 e. The van der Waals surface area contributed by atoms with Gasteiger partial charge in [0.1, 0.15) is 0 Å². The Labute approximate surface area is 179 Å². The third kappa shape index (κ3) is 3.79. The molecular weight excluding hydrogens is 452 g/mol. The monoisotopic (exact) mass is 466 g/mol. The number of nitrogens with zero attached hydrogens (tertiary/aromatic N) is 2. The first-order valence-electron chi connectivity index (χ1n) is 8.75. The molecule has 0 fully saturated rings. The maximum absolute atomic E-state index is 13.0. The first-order chi connectivity index (χ1) is 14.1. The van der Waals surface area contributed by atoms with Gasteiger partial charge in [-0.15, -0.1) is 11.3 Å².